The molecular weight excluding hydrogens is 261 g/mol. The first-order valence-corrected chi connectivity index (χ1v) is 6.69. The Balaban J connectivity index is 2.05. The van der Waals surface area contributed by atoms with Crippen LogP contribution < -0.4 is 5.32 Å². The Morgan fingerprint density at radius 3 is 2.74 bits per heavy atom. The van der Waals surface area contributed by atoms with Crippen LogP contribution >= 0.6 is 11.6 Å². The Morgan fingerprint density at radius 2 is 2.00 bits per heavy atom. The zero-order valence-electron chi connectivity index (χ0n) is 11.1. The highest BCUT2D eigenvalue weighted by molar-refractivity contribution is 6.30. The molecule has 0 amide bonds. The van der Waals surface area contributed by atoms with Gasteiger partial charge in [-0.3, -0.25) is 0 Å². The Kier molecular flexibility index (Phi) is 4.43. The van der Waals surface area contributed by atoms with E-state index < -0.39 is 0 Å². The zero-order valence-corrected chi connectivity index (χ0v) is 11.8. The molecule has 0 saturated heterocycles. The van der Waals surface area contributed by atoms with E-state index in [1.165, 1.54) is 6.07 Å². The van der Waals surface area contributed by atoms with E-state index in [2.05, 4.69) is 12.2 Å². The molecule has 2 aromatic rings. The van der Waals surface area contributed by atoms with Crippen LogP contribution in [0.3, 0.4) is 0 Å². The molecule has 2 rings (SSSR count). The second kappa shape index (κ2) is 6.07. The van der Waals surface area contributed by atoms with Crippen LogP contribution in [0.5, 0.6) is 0 Å². The molecule has 0 spiro atoms. The van der Waals surface area contributed by atoms with Gasteiger partial charge in [0.2, 0.25) is 0 Å². The minimum Gasteiger partial charge on any atom is -0.382 e. The molecule has 100 valence electrons. The lowest BCUT2D eigenvalue weighted by atomic mass is 10.1. The molecule has 1 N–H and O–H groups in total. The van der Waals surface area contributed by atoms with Crippen LogP contribution in [0.15, 0.2) is 42.5 Å². The van der Waals surface area contributed by atoms with Crippen molar-refractivity contribution in [3.05, 3.63) is 64.4 Å². The standard InChI is InChI=1S/C16H17ClFN/c1-11-6-7-14(17)10-16(11)19-12(2)8-13-4-3-5-15(18)9-13/h3-7,9-10,12,19H,8H2,1-2H3. The van der Waals surface area contributed by atoms with Crippen LogP contribution in [-0.4, -0.2) is 6.04 Å². The van der Waals surface area contributed by atoms with E-state index in [1.54, 1.807) is 12.1 Å². The summed E-state index contributed by atoms with van der Waals surface area (Å²) in [5, 5.41) is 4.13. The van der Waals surface area contributed by atoms with Gasteiger partial charge in [0.15, 0.2) is 0 Å². The summed E-state index contributed by atoms with van der Waals surface area (Å²) in [5.74, 6) is -0.191. The molecule has 0 aliphatic heterocycles. The molecule has 0 bridgehead atoms. The second-order valence-corrected chi connectivity index (χ2v) is 5.28. The Hall–Kier alpha value is -1.54. The number of anilines is 1. The average molecular weight is 278 g/mol. The predicted octanol–water partition coefficient (Wildman–Crippen LogP) is 4.83. The third-order valence-electron chi connectivity index (χ3n) is 3.03. The molecule has 3 heteroatoms. The van der Waals surface area contributed by atoms with Crippen LogP contribution in [0.4, 0.5) is 10.1 Å². The number of halogens is 2. The minimum absolute atomic E-state index is 0.191. The summed E-state index contributed by atoms with van der Waals surface area (Å²) in [6.07, 6.45) is 0.768. The number of nitrogens with one attached hydrogen (secondary N) is 1. The quantitative estimate of drug-likeness (QED) is 0.844. The topological polar surface area (TPSA) is 12.0 Å². The molecule has 0 fully saturated rings. The van der Waals surface area contributed by atoms with Gasteiger partial charge in [-0.15, -0.1) is 0 Å². The van der Waals surface area contributed by atoms with Crippen molar-refractivity contribution in [2.75, 3.05) is 5.32 Å². The first-order chi connectivity index (χ1) is 9.04. The monoisotopic (exact) mass is 277 g/mol. The Morgan fingerprint density at radius 1 is 1.21 bits per heavy atom. The molecule has 0 saturated carbocycles. The highest BCUT2D eigenvalue weighted by Crippen LogP contribution is 2.21. The molecule has 0 aromatic heterocycles. The van der Waals surface area contributed by atoms with Gasteiger partial charge in [0.1, 0.15) is 5.82 Å². The second-order valence-electron chi connectivity index (χ2n) is 4.84. The van der Waals surface area contributed by atoms with E-state index in [9.17, 15) is 4.39 Å². The lowest BCUT2D eigenvalue weighted by molar-refractivity contribution is 0.624. The van der Waals surface area contributed by atoms with Gasteiger partial charge in [0.25, 0.3) is 0 Å². The molecule has 0 radical (unpaired) electrons. The summed E-state index contributed by atoms with van der Waals surface area (Å²) in [6, 6.07) is 12.7. The minimum atomic E-state index is -0.191. The molecule has 0 aliphatic carbocycles. The largest absolute Gasteiger partial charge is 0.382 e. The van der Waals surface area contributed by atoms with Gasteiger partial charge in [-0.25, -0.2) is 4.39 Å². The first kappa shape index (κ1) is 13.9. The Labute approximate surface area is 118 Å². The summed E-state index contributed by atoms with van der Waals surface area (Å²) in [5.41, 5.74) is 3.16. The van der Waals surface area contributed by atoms with E-state index in [0.717, 1.165) is 23.2 Å². The van der Waals surface area contributed by atoms with Gasteiger partial charge < -0.3 is 5.32 Å². The van der Waals surface area contributed by atoms with E-state index in [0.29, 0.717) is 5.02 Å². The average Bonchev–Trinajstić information content (AvgIpc) is 2.34. The molecule has 1 unspecified atom stereocenters. The third-order valence-corrected chi connectivity index (χ3v) is 3.27. The van der Waals surface area contributed by atoms with Gasteiger partial charge in [-0.1, -0.05) is 29.8 Å². The fourth-order valence-corrected chi connectivity index (χ4v) is 2.26. The van der Waals surface area contributed by atoms with Crippen molar-refractivity contribution in [3.8, 4) is 0 Å². The van der Waals surface area contributed by atoms with Gasteiger partial charge in [-0.05, 0) is 55.7 Å². The van der Waals surface area contributed by atoms with E-state index in [-0.39, 0.29) is 11.9 Å². The Bertz CT molecular complexity index is 568. The van der Waals surface area contributed by atoms with Gasteiger partial charge >= 0.3 is 0 Å². The van der Waals surface area contributed by atoms with Crippen molar-refractivity contribution in [2.24, 2.45) is 0 Å². The fourth-order valence-electron chi connectivity index (χ4n) is 2.08. The summed E-state index contributed by atoms with van der Waals surface area (Å²) in [6.45, 7) is 4.11. The van der Waals surface area contributed by atoms with Crippen molar-refractivity contribution >= 4 is 17.3 Å². The summed E-state index contributed by atoms with van der Waals surface area (Å²) < 4.78 is 13.1. The summed E-state index contributed by atoms with van der Waals surface area (Å²) >= 11 is 5.99. The van der Waals surface area contributed by atoms with E-state index in [4.69, 9.17) is 11.6 Å². The van der Waals surface area contributed by atoms with Crippen LogP contribution in [0.2, 0.25) is 5.02 Å². The van der Waals surface area contributed by atoms with Crippen molar-refractivity contribution in [2.45, 2.75) is 26.3 Å². The van der Waals surface area contributed by atoms with E-state index in [1.807, 2.05) is 31.2 Å². The smallest absolute Gasteiger partial charge is 0.123 e. The van der Waals surface area contributed by atoms with Gasteiger partial charge in [0, 0.05) is 16.8 Å². The van der Waals surface area contributed by atoms with Crippen LogP contribution in [0, 0.1) is 12.7 Å². The molecule has 19 heavy (non-hydrogen) atoms. The highest BCUT2D eigenvalue weighted by atomic mass is 35.5. The molecule has 2 aromatic carbocycles. The SMILES string of the molecule is Cc1ccc(Cl)cc1NC(C)Cc1cccc(F)c1. The normalized spacial score (nSPS) is 12.2. The van der Waals surface area contributed by atoms with Gasteiger partial charge in [0.05, 0.1) is 0 Å². The number of rotatable bonds is 4. The zero-order chi connectivity index (χ0) is 13.8. The third kappa shape index (κ3) is 3.97. The van der Waals surface area contributed by atoms with Gasteiger partial charge in [-0.2, -0.15) is 0 Å². The van der Waals surface area contributed by atoms with Crippen LogP contribution in [-0.2, 0) is 6.42 Å². The van der Waals surface area contributed by atoms with Crippen molar-refractivity contribution in [3.63, 3.8) is 0 Å². The van der Waals surface area contributed by atoms with Crippen molar-refractivity contribution < 1.29 is 4.39 Å². The number of hydrogen-bond acceptors (Lipinski definition) is 1. The lowest BCUT2D eigenvalue weighted by Crippen LogP contribution is -2.18. The predicted molar refractivity (Wildman–Crippen MR) is 79.4 cm³/mol. The molecule has 1 nitrogen and oxygen atoms in total. The number of aryl methyl sites for hydroxylation is 1. The van der Waals surface area contributed by atoms with Crippen LogP contribution in [0.1, 0.15) is 18.1 Å². The van der Waals surface area contributed by atoms with Crippen molar-refractivity contribution in [1.29, 1.82) is 0 Å². The molecule has 1 atom stereocenters. The van der Waals surface area contributed by atoms with Crippen LogP contribution in [0.25, 0.3) is 0 Å². The molecule has 0 aliphatic rings. The maximum atomic E-state index is 13.1. The first-order valence-electron chi connectivity index (χ1n) is 6.32. The van der Waals surface area contributed by atoms with E-state index >= 15 is 0 Å². The summed E-state index contributed by atoms with van der Waals surface area (Å²) in [4.78, 5) is 0. The molecule has 0 heterocycles. The lowest BCUT2D eigenvalue weighted by Gasteiger charge is -2.17. The number of benzene rings is 2. The fraction of sp³-hybridized carbons (Fsp3) is 0.250. The highest BCUT2D eigenvalue weighted by Gasteiger charge is 2.06. The maximum Gasteiger partial charge on any atom is 0.123 e. The number of hydrogen-bond donors (Lipinski definition) is 1. The summed E-state index contributed by atoms with van der Waals surface area (Å²) in [7, 11) is 0. The van der Waals surface area contributed by atoms with Crippen molar-refractivity contribution in [1.82, 2.24) is 0 Å². The molecular formula is C16H17ClFN. The maximum absolute atomic E-state index is 13.1.